The van der Waals surface area contributed by atoms with E-state index in [-0.39, 0.29) is 0 Å². The van der Waals surface area contributed by atoms with E-state index in [2.05, 4.69) is 15.8 Å². The Balaban J connectivity index is 1.93. The summed E-state index contributed by atoms with van der Waals surface area (Å²) in [5, 5.41) is 7.87. The molecule has 0 aliphatic heterocycles. The first-order chi connectivity index (χ1) is 11.6. The summed E-state index contributed by atoms with van der Waals surface area (Å²) in [5.74, 6) is -0.0233. The van der Waals surface area contributed by atoms with Gasteiger partial charge in [-0.15, -0.1) is 0 Å². The van der Waals surface area contributed by atoms with E-state index < -0.39 is 5.97 Å². The van der Waals surface area contributed by atoms with Crippen LogP contribution in [0, 0.1) is 0 Å². The summed E-state index contributed by atoms with van der Waals surface area (Å²) in [6.45, 7) is 2.68. The van der Waals surface area contributed by atoms with Crippen molar-refractivity contribution in [2.24, 2.45) is 5.10 Å². The van der Waals surface area contributed by atoms with Gasteiger partial charge in [0.25, 0.3) is 0 Å². The standard InChI is InChI=1S/C17H16ClN3O2S/c1-2-19-17(24)21-20-11-12-6-8-15(9-7-12)23-16(22)13-4-3-5-14(18)10-13/h3-11H,2H2,1H3,(H2,19,21,24)/b20-11+. The van der Waals surface area contributed by atoms with Gasteiger partial charge in [-0.2, -0.15) is 5.10 Å². The second-order valence-corrected chi connectivity index (χ2v) is 5.54. The van der Waals surface area contributed by atoms with E-state index in [1.54, 1.807) is 54.7 Å². The van der Waals surface area contributed by atoms with E-state index in [4.69, 9.17) is 28.6 Å². The molecule has 0 aliphatic rings. The fourth-order valence-corrected chi connectivity index (χ4v) is 2.16. The molecule has 0 aromatic heterocycles. The molecule has 2 rings (SSSR count). The highest BCUT2D eigenvalue weighted by molar-refractivity contribution is 7.80. The van der Waals surface area contributed by atoms with Crippen molar-refractivity contribution >= 4 is 41.1 Å². The summed E-state index contributed by atoms with van der Waals surface area (Å²) in [4.78, 5) is 12.0. The minimum absolute atomic E-state index is 0.397. The van der Waals surface area contributed by atoms with Crippen LogP contribution in [0.25, 0.3) is 0 Å². The molecule has 24 heavy (non-hydrogen) atoms. The number of esters is 1. The normalized spacial score (nSPS) is 10.4. The van der Waals surface area contributed by atoms with Gasteiger partial charge in [0.1, 0.15) is 5.75 Å². The summed E-state index contributed by atoms with van der Waals surface area (Å²) >= 11 is 10.9. The van der Waals surface area contributed by atoms with Crippen LogP contribution in [0.15, 0.2) is 53.6 Å². The minimum atomic E-state index is -0.462. The number of carbonyl (C=O) groups excluding carboxylic acids is 1. The third-order valence-corrected chi connectivity index (χ3v) is 3.34. The maximum absolute atomic E-state index is 12.0. The first-order valence-electron chi connectivity index (χ1n) is 7.23. The molecule has 0 fully saturated rings. The number of hydrazone groups is 1. The van der Waals surface area contributed by atoms with E-state index in [9.17, 15) is 4.79 Å². The van der Waals surface area contributed by atoms with Crippen LogP contribution >= 0.6 is 23.8 Å². The largest absolute Gasteiger partial charge is 0.423 e. The van der Waals surface area contributed by atoms with E-state index in [1.165, 1.54) is 0 Å². The summed E-state index contributed by atoms with van der Waals surface area (Å²) < 4.78 is 5.30. The van der Waals surface area contributed by atoms with E-state index in [0.29, 0.717) is 21.4 Å². The van der Waals surface area contributed by atoms with Gasteiger partial charge in [0.05, 0.1) is 11.8 Å². The van der Waals surface area contributed by atoms with Crippen LogP contribution in [-0.2, 0) is 0 Å². The third kappa shape index (κ3) is 5.64. The van der Waals surface area contributed by atoms with Crippen molar-refractivity contribution in [1.29, 1.82) is 0 Å². The molecule has 2 N–H and O–H groups in total. The van der Waals surface area contributed by atoms with Gasteiger partial charge in [0, 0.05) is 11.6 Å². The van der Waals surface area contributed by atoms with Crippen molar-refractivity contribution in [3.8, 4) is 5.75 Å². The summed E-state index contributed by atoms with van der Waals surface area (Å²) in [6, 6.07) is 13.5. The average molecular weight is 362 g/mol. The molecule has 0 spiro atoms. The molecular formula is C17H16ClN3O2S. The lowest BCUT2D eigenvalue weighted by Crippen LogP contribution is -2.31. The third-order valence-electron chi connectivity index (χ3n) is 2.87. The molecule has 5 nitrogen and oxygen atoms in total. The number of ether oxygens (including phenoxy) is 1. The quantitative estimate of drug-likeness (QED) is 0.281. The molecule has 0 saturated carbocycles. The van der Waals surface area contributed by atoms with E-state index >= 15 is 0 Å². The number of nitrogens with zero attached hydrogens (tertiary/aromatic N) is 1. The zero-order chi connectivity index (χ0) is 17.4. The van der Waals surface area contributed by atoms with Gasteiger partial charge in [-0.3, -0.25) is 5.43 Å². The molecule has 0 atom stereocenters. The zero-order valence-corrected chi connectivity index (χ0v) is 14.5. The Morgan fingerprint density at radius 3 is 2.71 bits per heavy atom. The van der Waals surface area contributed by atoms with Crippen LogP contribution in [-0.4, -0.2) is 23.8 Å². The van der Waals surface area contributed by atoms with Crippen molar-refractivity contribution in [3.63, 3.8) is 0 Å². The van der Waals surface area contributed by atoms with Gasteiger partial charge < -0.3 is 10.1 Å². The van der Waals surface area contributed by atoms with Crippen molar-refractivity contribution in [2.75, 3.05) is 6.54 Å². The first-order valence-corrected chi connectivity index (χ1v) is 8.02. The van der Waals surface area contributed by atoms with Crippen LogP contribution in [0.4, 0.5) is 0 Å². The Kier molecular flexibility index (Phi) is 6.72. The Morgan fingerprint density at radius 1 is 1.29 bits per heavy atom. The van der Waals surface area contributed by atoms with Crippen molar-refractivity contribution in [1.82, 2.24) is 10.7 Å². The average Bonchev–Trinajstić information content (AvgIpc) is 2.57. The molecule has 0 amide bonds. The van der Waals surface area contributed by atoms with E-state index in [1.807, 2.05) is 6.92 Å². The van der Waals surface area contributed by atoms with Crippen molar-refractivity contribution in [3.05, 3.63) is 64.7 Å². The fraction of sp³-hybridized carbons (Fsp3) is 0.118. The van der Waals surface area contributed by atoms with Crippen LogP contribution in [0.2, 0.25) is 5.02 Å². The number of carbonyl (C=O) groups is 1. The fourth-order valence-electron chi connectivity index (χ4n) is 1.77. The second kappa shape index (κ2) is 9.00. The Bertz CT molecular complexity index is 748. The van der Waals surface area contributed by atoms with Gasteiger partial charge >= 0.3 is 5.97 Å². The maximum Gasteiger partial charge on any atom is 0.343 e. The van der Waals surface area contributed by atoms with Crippen LogP contribution in [0.5, 0.6) is 5.75 Å². The highest BCUT2D eigenvalue weighted by Gasteiger charge is 2.08. The second-order valence-electron chi connectivity index (χ2n) is 4.70. The lowest BCUT2D eigenvalue weighted by atomic mass is 10.2. The molecule has 2 aromatic rings. The maximum atomic E-state index is 12.0. The predicted octanol–water partition coefficient (Wildman–Crippen LogP) is 3.38. The first kappa shape index (κ1) is 17.9. The SMILES string of the molecule is CCNC(=S)N/N=C/c1ccc(OC(=O)c2cccc(Cl)c2)cc1. The van der Waals surface area contributed by atoms with Gasteiger partial charge in [-0.1, -0.05) is 17.7 Å². The monoisotopic (exact) mass is 361 g/mol. The van der Waals surface area contributed by atoms with Crippen LogP contribution < -0.4 is 15.5 Å². The van der Waals surface area contributed by atoms with Crippen molar-refractivity contribution < 1.29 is 9.53 Å². The van der Waals surface area contributed by atoms with Crippen LogP contribution in [0.3, 0.4) is 0 Å². The Labute approximate surface area is 150 Å². The van der Waals surface area contributed by atoms with E-state index in [0.717, 1.165) is 12.1 Å². The molecule has 0 aliphatic carbocycles. The molecule has 0 unspecified atom stereocenters. The molecule has 2 aromatic carbocycles. The lowest BCUT2D eigenvalue weighted by molar-refractivity contribution is 0.0735. The number of nitrogens with one attached hydrogen (secondary N) is 2. The molecule has 0 radical (unpaired) electrons. The topological polar surface area (TPSA) is 62.7 Å². The van der Waals surface area contributed by atoms with Gasteiger partial charge in [0.2, 0.25) is 0 Å². The molecule has 0 bridgehead atoms. The minimum Gasteiger partial charge on any atom is -0.423 e. The summed E-state index contributed by atoms with van der Waals surface area (Å²) in [5.41, 5.74) is 3.93. The summed E-state index contributed by atoms with van der Waals surface area (Å²) in [7, 11) is 0. The van der Waals surface area contributed by atoms with Crippen LogP contribution in [0.1, 0.15) is 22.8 Å². The molecule has 124 valence electrons. The molecule has 0 saturated heterocycles. The van der Waals surface area contributed by atoms with Gasteiger partial charge in [0.15, 0.2) is 5.11 Å². The summed E-state index contributed by atoms with van der Waals surface area (Å²) in [6.07, 6.45) is 1.62. The molecule has 7 heteroatoms. The predicted molar refractivity (Wildman–Crippen MR) is 99.9 cm³/mol. The van der Waals surface area contributed by atoms with Crippen molar-refractivity contribution in [2.45, 2.75) is 6.92 Å². The number of halogens is 1. The molecule has 0 heterocycles. The highest BCUT2D eigenvalue weighted by Crippen LogP contribution is 2.16. The Morgan fingerprint density at radius 2 is 2.04 bits per heavy atom. The number of thiocarbonyl (C=S) groups is 1. The molecular weight excluding hydrogens is 346 g/mol. The Hall–Kier alpha value is -2.44. The number of benzene rings is 2. The smallest absolute Gasteiger partial charge is 0.343 e. The van der Waals surface area contributed by atoms with Gasteiger partial charge in [-0.25, -0.2) is 4.79 Å². The lowest BCUT2D eigenvalue weighted by Gasteiger charge is -2.05. The highest BCUT2D eigenvalue weighted by atomic mass is 35.5. The number of hydrogen-bond acceptors (Lipinski definition) is 4. The number of rotatable bonds is 5. The zero-order valence-electron chi connectivity index (χ0n) is 13.0. The van der Waals surface area contributed by atoms with Gasteiger partial charge in [-0.05, 0) is 67.2 Å². The number of hydrogen-bond donors (Lipinski definition) is 2.